The lowest BCUT2D eigenvalue weighted by atomic mass is 10.1. The standard InChI is InChI=1S/C12H20N2O2/c1-4-6-11(16-3)10(15)9-12-13-7-8-14(12)5-2/h7-8,11H,4-6,9H2,1-3H3. The zero-order valence-corrected chi connectivity index (χ0v) is 10.3. The van der Waals surface area contributed by atoms with E-state index in [4.69, 9.17) is 4.74 Å². The number of nitrogens with zero attached hydrogens (tertiary/aromatic N) is 2. The molecule has 4 nitrogen and oxygen atoms in total. The van der Waals surface area contributed by atoms with Crippen molar-refractivity contribution >= 4 is 5.78 Å². The summed E-state index contributed by atoms with van der Waals surface area (Å²) in [6.07, 6.45) is 5.43. The molecule has 0 bridgehead atoms. The zero-order chi connectivity index (χ0) is 12.0. The van der Waals surface area contributed by atoms with Crippen molar-refractivity contribution in [1.82, 2.24) is 9.55 Å². The van der Waals surface area contributed by atoms with Crippen LogP contribution in [0.25, 0.3) is 0 Å². The second-order valence-electron chi connectivity index (χ2n) is 3.79. The second kappa shape index (κ2) is 6.43. The lowest BCUT2D eigenvalue weighted by molar-refractivity contribution is -0.128. The minimum absolute atomic E-state index is 0.116. The molecule has 16 heavy (non-hydrogen) atoms. The maximum atomic E-state index is 11.9. The third-order valence-corrected chi connectivity index (χ3v) is 2.67. The van der Waals surface area contributed by atoms with Gasteiger partial charge in [-0.3, -0.25) is 4.79 Å². The molecule has 1 atom stereocenters. The normalized spacial score (nSPS) is 12.7. The maximum Gasteiger partial charge on any atom is 0.169 e. The van der Waals surface area contributed by atoms with E-state index in [1.54, 1.807) is 13.3 Å². The quantitative estimate of drug-likeness (QED) is 0.709. The first kappa shape index (κ1) is 12.9. The number of rotatable bonds is 7. The topological polar surface area (TPSA) is 44.1 Å². The van der Waals surface area contributed by atoms with Crippen LogP contribution in [-0.2, 0) is 22.5 Å². The number of aromatic nitrogens is 2. The lowest BCUT2D eigenvalue weighted by Gasteiger charge is -2.13. The van der Waals surface area contributed by atoms with Crippen molar-refractivity contribution in [1.29, 1.82) is 0 Å². The molecule has 0 aromatic carbocycles. The van der Waals surface area contributed by atoms with Crippen LogP contribution in [-0.4, -0.2) is 28.5 Å². The summed E-state index contributed by atoms with van der Waals surface area (Å²) in [5.41, 5.74) is 0. The van der Waals surface area contributed by atoms with Crippen LogP contribution < -0.4 is 0 Å². The number of aryl methyl sites for hydroxylation is 1. The van der Waals surface area contributed by atoms with Gasteiger partial charge in [0, 0.05) is 26.0 Å². The van der Waals surface area contributed by atoms with Crippen molar-refractivity contribution in [2.45, 2.75) is 45.8 Å². The predicted octanol–water partition coefficient (Wildman–Crippen LogP) is 1.83. The van der Waals surface area contributed by atoms with Gasteiger partial charge in [-0.1, -0.05) is 13.3 Å². The Hall–Kier alpha value is -1.16. The lowest BCUT2D eigenvalue weighted by Crippen LogP contribution is -2.25. The molecule has 0 saturated carbocycles. The van der Waals surface area contributed by atoms with Crippen LogP contribution in [0.1, 0.15) is 32.5 Å². The molecular formula is C12H20N2O2. The predicted molar refractivity (Wildman–Crippen MR) is 62.3 cm³/mol. The van der Waals surface area contributed by atoms with Crippen molar-refractivity contribution in [2.24, 2.45) is 0 Å². The summed E-state index contributed by atoms with van der Waals surface area (Å²) < 4.78 is 7.17. The van der Waals surface area contributed by atoms with Gasteiger partial charge in [0.1, 0.15) is 11.9 Å². The third-order valence-electron chi connectivity index (χ3n) is 2.67. The molecule has 0 saturated heterocycles. The van der Waals surface area contributed by atoms with E-state index in [9.17, 15) is 4.79 Å². The average molecular weight is 224 g/mol. The molecule has 0 spiro atoms. The molecule has 90 valence electrons. The van der Waals surface area contributed by atoms with Crippen molar-refractivity contribution in [3.63, 3.8) is 0 Å². The Labute approximate surface area is 96.6 Å². The Kier molecular flexibility index (Phi) is 5.19. The Balaban J connectivity index is 2.62. The number of carbonyl (C=O) groups is 1. The highest BCUT2D eigenvalue weighted by atomic mass is 16.5. The summed E-state index contributed by atoms with van der Waals surface area (Å²) in [5.74, 6) is 0.941. The van der Waals surface area contributed by atoms with Gasteiger partial charge in [-0.2, -0.15) is 0 Å². The SMILES string of the molecule is CCCC(OC)C(=O)Cc1nccn1CC. The fraction of sp³-hybridized carbons (Fsp3) is 0.667. The minimum atomic E-state index is -0.285. The summed E-state index contributed by atoms with van der Waals surface area (Å²) in [6.45, 7) is 4.93. The number of carbonyl (C=O) groups excluding carboxylic acids is 1. The molecule has 0 aliphatic rings. The second-order valence-corrected chi connectivity index (χ2v) is 3.79. The van der Waals surface area contributed by atoms with Crippen molar-refractivity contribution in [3.05, 3.63) is 18.2 Å². The summed E-state index contributed by atoms with van der Waals surface area (Å²) in [7, 11) is 1.59. The maximum absolute atomic E-state index is 11.9. The summed E-state index contributed by atoms with van der Waals surface area (Å²) in [4.78, 5) is 16.1. The van der Waals surface area contributed by atoms with E-state index < -0.39 is 0 Å². The average Bonchev–Trinajstić information content (AvgIpc) is 2.72. The molecule has 4 heteroatoms. The van der Waals surface area contributed by atoms with Crippen LogP contribution in [0.15, 0.2) is 12.4 Å². The highest BCUT2D eigenvalue weighted by Gasteiger charge is 2.18. The van der Waals surface area contributed by atoms with E-state index in [1.807, 2.05) is 24.6 Å². The van der Waals surface area contributed by atoms with Gasteiger partial charge in [0.05, 0.1) is 6.42 Å². The van der Waals surface area contributed by atoms with Gasteiger partial charge >= 0.3 is 0 Å². The van der Waals surface area contributed by atoms with E-state index in [1.165, 1.54) is 0 Å². The van der Waals surface area contributed by atoms with Crippen LogP contribution in [0.2, 0.25) is 0 Å². The molecule has 0 aliphatic carbocycles. The largest absolute Gasteiger partial charge is 0.374 e. The minimum Gasteiger partial charge on any atom is -0.374 e. The van der Waals surface area contributed by atoms with E-state index in [0.29, 0.717) is 6.42 Å². The van der Waals surface area contributed by atoms with Gasteiger partial charge in [-0.05, 0) is 13.3 Å². The molecule has 1 aromatic rings. The Bertz CT molecular complexity index is 334. The molecular weight excluding hydrogens is 204 g/mol. The van der Waals surface area contributed by atoms with E-state index in [-0.39, 0.29) is 11.9 Å². The monoisotopic (exact) mass is 224 g/mol. The van der Waals surface area contributed by atoms with Crippen molar-refractivity contribution in [2.75, 3.05) is 7.11 Å². The Morgan fingerprint density at radius 3 is 2.88 bits per heavy atom. The van der Waals surface area contributed by atoms with Crippen molar-refractivity contribution < 1.29 is 9.53 Å². The van der Waals surface area contributed by atoms with Crippen LogP contribution in [0.4, 0.5) is 0 Å². The summed E-state index contributed by atoms with van der Waals surface area (Å²) >= 11 is 0. The first-order valence-electron chi connectivity index (χ1n) is 5.78. The summed E-state index contributed by atoms with van der Waals surface area (Å²) in [6, 6.07) is 0. The molecule has 0 aliphatic heterocycles. The van der Waals surface area contributed by atoms with Gasteiger partial charge in [-0.15, -0.1) is 0 Å². The van der Waals surface area contributed by atoms with Gasteiger partial charge in [-0.25, -0.2) is 4.98 Å². The van der Waals surface area contributed by atoms with Crippen molar-refractivity contribution in [3.8, 4) is 0 Å². The van der Waals surface area contributed by atoms with Gasteiger partial charge in [0.25, 0.3) is 0 Å². The van der Waals surface area contributed by atoms with E-state index in [0.717, 1.165) is 25.2 Å². The third kappa shape index (κ3) is 3.17. The molecule has 1 rings (SSSR count). The van der Waals surface area contributed by atoms with Crippen LogP contribution in [0.3, 0.4) is 0 Å². The number of methoxy groups -OCH3 is 1. The summed E-state index contributed by atoms with van der Waals surface area (Å²) in [5, 5.41) is 0. The van der Waals surface area contributed by atoms with Gasteiger partial charge in [0.2, 0.25) is 0 Å². The zero-order valence-electron chi connectivity index (χ0n) is 10.3. The van der Waals surface area contributed by atoms with Crippen LogP contribution in [0, 0.1) is 0 Å². The molecule has 1 aromatic heterocycles. The van der Waals surface area contributed by atoms with E-state index in [2.05, 4.69) is 4.98 Å². The molecule has 0 N–H and O–H groups in total. The Morgan fingerprint density at radius 1 is 1.56 bits per heavy atom. The van der Waals surface area contributed by atoms with E-state index >= 15 is 0 Å². The number of Topliss-reactive ketones (excluding diaryl/α,β-unsaturated/α-hetero) is 1. The number of hydrogen-bond donors (Lipinski definition) is 0. The molecule has 0 radical (unpaired) electrons. The van der Waals surface area contributed by atoms with Crippen LogP contribution >= 0.6 is 0 Å². The van der Waals surface area contributed by atoms with Crippen LogP contribution in [0.5, 0.6) is 0 Å². The molecule has 1 unspecified atom stereocenters. The fourth-order valence-electron chi connectivity index (χ4n) is 1.74. The fourth-order valence-corrected chi connectivity index (χ4v) is 1.74. The van der Waals surface area contributed by atoms with Gasteiger partial charge < -0.3 is 9.30 Å². The number of imidazole rings is 1. The van der Waals surface area contributed by atoms with Gasteiger partial charge in [0.15, 0.2) is 5.78 Å². The molecule has 0 amide bonds. The molecule has 1 heterocycles. The highest BCUT2D eigenvalue weighted by Crippen LogP contribution is 2.07. The highest BCUT2D eigenvalue weighted by molar-refractivity contribution is 5.84. The number of ketones is 1. The molecule has 0 fully saturated rings. The first-order valence-corrected chi connectivity index (χ1v) is 5.78. The first-order chi connectivity index (χ1) is 7.72. The number of ether oxygens (including phenoxy) is 1. The Morgan fingerprint density at radius 2 is 2.31 bits per heavy atom. The smallest absolute Gasteiger partial charge is 0.169 e. The number of hydrogen-bond acceptors (Lipinski definition) is 3.